The van der Waals surface area contributed by atoms with Crippen molar-refractivity contribution in [1.29, 1.82) is 0 Å². The molecule has 1 fully saturated rings. The summed E-state index contributed by atoms with van der Waals surface area (Å²) in [6, 6.07) is 21.9. The van der Waals surface area contributed by atoms with E-state index in [9.17, 15) is 22.8 Å². The van der Waals surface area contributed by atoms with E-state index >= 15 is 0 Å². The second kappa shape index (κ2) is 11.1. The Balaban J connectivity index is 1.37. The van der Waals surface area contributed by atoms with Crippen molar-refractivity contribution in [3.05, 3.63) is 101 Å². The van der Waals surface area contributed by atoms with Gasteiger partial charge in [0.05, 0.1) is 29.5 Å². The van der Waals surface area contributed by atoms with Gasteiger partial charge >= 0.3 is 6.18 Å². The van der Waals surface area contributed by atoms with Crippen LogP contribution in [0.4, 0.5) is 30.2 Å². The molecule has 43 heavy (non-hydrogen) atoms. The van der Waals surface area contributed by atoms with Crippen LogP contribution in [-0.2, 0) is 15.8 Å². The Labute approximate surface area is 249 Å². The number of nitrogens with one attached hydrogen (secondary N) is 1. The minimum absolute atomic E-state index is 0.0246. The zero-order chi connectivity index (χ0) is 30.4. The molecule has 1 unspecified atom stereocenters. The van der Waals surface area contributed by atoms with Crippen molar-refractivity contribution in [2.24, 2.45) is 5.41 Å². The summed E-state index contributed by atoms with van der Waals surface area (Å²) < 4.78 is 40.5. The van der Waals surface area contributed by atoms with Crippen LogP contribution in [0.2, 0.25) is 0 Å². The highest BCUT2D eigenvalue weighted by Crippen LogP contribution is 2.48. The Morgan fingerprint density at radius 1 is 0.884 bits per heavy atom. The molecule has 2 aliphatic heterocycles. The van der Waals surface area contributed by atoms with E-state index in [-0.39, 0.29) is 23.7 Å². The van der Waals surface area contributed by atoms with E-state index in [0.29, 0.717) is 50.2 Å². The molecule has 1 N–H and O–H groups in total. The lowest BCUT2D eigenvalue weighted by atomic mass is 9.73. The second-order valence-electron chi connectivity index (χ2n) is 12.3. The van der Waals surface area contributed by atoms with E-state index in [0.717, 1.165) is 34.9 Å². The molecule has 2 heterocycles. The molecular weight excluding hydrogens is 553 g/mol. The number of ketones is 1. The Morgan fingerprint density at radius 3 is 2.21 bits per heavy atom. The Hall–Kier alpha value is -4.27. The van der Waals surface area contributed by atoms with E-state index in [1.54, 1.807) is 0 Å². The number of benzene rings is 3. The number of carbonyl (C=O) groups excluding carboxylic acids is 2. The maximum atomic E-state index is 13.9. The summed E-state index contributed by atoms with van der Waals surface area (Å²) in [5.41, 5.74) is 3.36. The highest BCUT2D eigenvalue weighted by molar-refractivity contribution is 6.02. The highest BCUT2D eigenvalue weighted by Gasteiger charge is 2.42. The van der Waals surface area contributed by atoms with Gasteiger partial charge in [-0.05, 0) is 53.8 Å². The summed E-state index contributed by atoms with van der Waals surface area (Å²) in [6.07, 6.45) is -3.57. The SMILES string of the molecule is CC1(C)CC(=O)C2=C(C1)Nc1ccccc1N(CC(=O)N1CCN(c3ccccc3)CC1)C2c1ccc(C(F)(F)F)cc1. The molecule has 0 saturated carbocycles. The number of rotatable bonds is 4. The van der Waals surface area contributed by atoms with Gasteiger partial charge in [-0.2, -0.15) is 13.2 Å². The van der Waals surface area contributed by atoms with Gasteiger partial charge in [-0.25, -0.2) is 0 Å². The summed E-state index contributed by atoms with van der Waals surface area (Å²) in [5, 5.41) is 3.50. The maximum Gasteiger partial charge on any atom is 0.416 e. The first-order valence-corrected chi connectivity index (χ1v) is 14.6. The Morgan fingerprint density at radius 2 is 1.53 bits per heavy atom. The molecule has 0 spiro atoms. The molecule has 0 radical (unpaired) electrons. The van der Waals surface area contributed by atoms with Crippen molar-refractivity contribution in [2.45, 2.75) is 38.9 Å². The predicted molar refractivity (Wildman–Crippen MR) is 162 cm³/mol. The number of anilines is 3. The number of alkyl halides is 3. The van der Waals surface area contributed by atoms with Crippen LogP contribution in [0, 0.1) is 5.41 Å². The quantitative estimate of drug-likeness (QED) is 0.369. The molecular formula is C34H35F3N4O2. The predicted octanol–water partition coefficient (Wildman–Crippen LogP) is 6.67. The number of fused-ring (bicyclic) bond motifs is 1. The summed E-state index contributed by atoms with van der Waals surface area (Å²) in [7, 11) is 0. The molecule has 3 aromatic carbocycles. The molecule has 3 aliphatic rings. The van der Waals surface area contributed by atoms with Crippen LogP contribution < -0.4 is 15.1 Å². The minimum atomic E-state index is -4.48. The lowest BCUT2D eigenvalue weighted by molar-refractivity contribution is -0.137. The van der Waals surface area contributed by atoms with Gasteiger partial charge < -0.3 is 20.0 Å². The molecule has 0 aromatic heterocycles. The van der Waals surface area contributed by atoms with Crippen molar-refractivity contribution in [3.63, 3.8) is 0 Å². The second-order valence-corrected chi connectivity index (χ2v) is 12.3. The van der Waals surface area contributed by atoms with E-state index < -0.39 is 17.8 Å². The fraction of sp³-hybridized carbons (Fsp3) is 0.353. The number of para-hydroxylation sites is 3. The van der Waals surface area contributed by atoms with Gasteiger partial charge in [0, 0.05) is 49.6 Å². The summed E-state index contributed by atoms with van der Waals surface area (Å²) in [4.78, 5) is 33.8. The number of nitrogens with zero attached hydrogens (tertiary/aromatic N) is 3. The van der Waals surface area contributed by atoms with Crippen molar-refractivity contribution >= 4 is 28.8 Å². The maximum absolute atomic E-state index is 13.9. The van der Waals surface area contributed by atoms with Gasteiger partial charge in [0.1, 0.15) is 0 Å². The molecule has 6 nitrogen and oxygen atoms in total. The first kappa shape index (κ1) is 28.8. The van der Waals surface area contributed by atoms with Crippen LogP contribution in [0.1, 0.15) is 43.9 Å². The fourth-order valence-electron chi connectivity index (χ4n) is 6.53. The van der Waals surface area contributed by atoms with Crippen LogP contribution in [0.15, 0.2) is 90.1 Å². The molecule has 1 atom stereocenters. The van der Waals surface area contributed by atoms with E-state index in [4.69, 9.17) is 0 Å². The van der Waals surface area contributed by atoms with Gasteiger partial charge in [-0.15, -0.1) is 0 Å². The summed E-state index contributed by atoms with van der Waals surface area (Å²) in [6.45, 7) is 6.54. The number of amides is 1. The smallest absolute Gasteiger partial charge is 0.368 e. The third-order valence-electron chi connectivity index (χ3n) is 8.62. The zero-order valence-corrected chi connectivity index (χ0v) is 24.3. The van der Waals surface area contributed by atoms with Crippen LogP contribution in [0.5, 0.6) is 0 Å². The van der Waals surface area contributed by atoms with Gasteiger partial charge in [-0.3, -0.25) is 9.59 Å². The monoisotopic (exact) mass is 588 g/mol. The van der Waals surface area contributed by atoms with Gasteiger partial charge in [0.15, 0.2) is 5.78 Å². The van der Waals surface area contributed by atoms with Crippen molar-refractivity contribution < 1.29 is 22.8 Å². The average molecular weight is 589 g/mol. The number of allylic oxidation sites excluding steroid dienone is 1. The highest BCUT2D eigenvalue weighted by atomic mass is 19.4. The van der Waals surface area contributed by atoms with E-state index in [1.165, 1.54) is 12.1 Å². The van der Waals surface area contributed by atoms with E-state index in [1.807, 2.05) is 66.1 Å². The number of hydrogen-bond acceptors (Lipinski definition) is 5. The van der Waals surface area contributed by atoms with Crippen LogP contribution in [0.3, 0.4) is 0 Å². The first-order valence-electron chi connectivity index (χ1n) is 14.6. The lowest BCUT2D eigenvalue weighted by Gasteiger charge is -2.40. The Bertz CT molecular complexity index is 1540. The molecule has 9 heteroatoms. The fourth-order valence-corrected chi connectivity index (χ4v) is 6.53. The molecule has 3 aromatic rings. The molecule has 1 saturated heterocycles. The molecule has 6 rings (SSSR count). The number of hydrogen-bond donors (Lipinski definition) is 1. The summed E-state index contributed by atoms with van der Waals surface area (Å²) in [5.74, 6) is -0.155. The zero-order valence-electron chi connectivity index (χ0n) is 24.3. The van der Waals surface area contributed by atoms with Gasteiger partial charge in [-0.1, -0.05) is 56.3 Å². The molecule has 0 bridgehead atoms. The topological polar surface area (TPSA) is 55.9 Å². The van der Waals surface area contributed by atoms with Crippen LogP contribution >= 0.6 is 0 Å². The van der Waals surface area contributed by atoms with Crippen molar-refractivity contribution in [1.82, 2.24) is 4.90 Å². The van der Waals surface area contributed by atoms with Crippen molar-refractivity contribution in [3.8, 4) is 0 Å². The number of carbonyl (C=O) groups is 2. The van der Waals surface area contributed by atoms with Crippen molar-refractivity contribution in [2.75, 3.05) is 47.8 Å². The van der Waals surface area contributed by atoms with Gasteiger partial charge in [0.25, 0.3) is 0 Å². The van der Waals surface area contributed by atoms with Crippen LogP contribution in [-0.4, -0.2) is 49.3 Å². The summed E-state index contributed by atoms with van der Waals surface area (Å²) >= 11 is 0. The standard InChI is InChI=1S/C34H35F3N4O2/c1-33(2)20-27-31(29(42)21-33)32(23-12-14-24(15-13-23)34(35,36)37)41(28-11-7-6-10-26(28)38-27)22-30(43)40-18-16-39(17-19-40)25-8-4-3-5-9-25/h3-15,32,38H,16-22H2,1-2H3. The number of halogens is 3. The first-order chi connectivity index (χ1) is 20.5. The lowest BCUT2D eigenvalue weighted by Crippen LogP contribution is -2.52. The third-order valence-corrected chi connectivity index (χ3v) is 8.62. The number of piperazine rings is 1. The van der Waals surface area contributed by atoms with Gasteiger partial charge in [0.2, 0.25) is 5.91 Å². The normalized spacial score (nSPS) is 20.3. The molecule has 1 aliphatic carbocycles. The largest absolute Gasteiger partial charge is 0.416 e. The van der Waals surface area contributed by atoms with Crippen LogP contribution in [0.25, 0.3) is 0 Å². The molecule has 1 amide bonds. The van der Waals surface area contributed by atoms with E-state index in [2.05, 4.69) is 22.3 Å². The Kier molecular flexibility index (Phi) is 7.44. The number of Topliss-reactive ketones (excluding diaryl/α,β-unsaturated/α-hetero) is 1. The average Bonchev–Trinajstić information content (AvgIpc) is 3.11. The minimum Gasteiger partial charge on any atom is -0.368 e. The molecule has 224 valence electrons. The third kappa shape index (κ3) is 5.85.